The zero-order chi connectivity index (χ0) is 15.1. The predicted octanol–water partition coefficient (Wildman–Crippen LogP) is 3.38. The molecule has 0 fully saturated rings. The van der Waals surface area contributed by atoms with Crippen LogP contribution in [0.1, 0.15) is 20.8 Å². The first-order valence-corrected chi connectivity index (χ1v) is 6.12. The average molecular weight is 298 g/mol. The van der Waals surface area contributed by atoms with Crippen LogP contribution in [-0.2, 0) is 4.74 Å². The number of nitro groups is 1. The molecule has 1 aromatic heterocycles. The zero-order valence-electron chi connectivity index (χ0n) is 11.1. The van der Waals surface area contributed by atoms with Crippen LogP contribution in [0.5, 0.6) is 0 Å². The van der Waals surface area contributed by atoms with Gasteiger partial charge in [-0.15, -0.1) is 0 Å². The van der Waals surface area contributed by atoms with Gasteiger partial charge in [-0.05, 0) is 38.4 Å². The molecule has 20 heavy (non-hydrogen) atoms. The van der Waals surface area contributed by atoms with Gasteiger partial charge < -0.3 is 4.74 Å². The molecule has 0 atom stereocenters. The Balaban J connectivity index is 2.52. The molecular formula is C12H12ClN3O4. The molecule has 1 heterocycles. The molecule has 0 radical (unpaired) electrons. The number of ether oxygens (including phenoxy) is 1. The second kappa shape index (κ2) is 4.75. The van der Waals surface area contributed by atoms with Crippen molar-refractivity contribution in [2.75, 3.05) is 0 Å². The van der Waals surface area contributed by atoms with Crippen molar-refractivity contribution in [3.63, 3.8) is 0 Å². The van der Waals surface area contributed by atoms with Crippen LogP contribution in [0, 0.1) is 10.1 Å². The van der Waals surface area contributed by atoms with E-state index in [-0.39, 0.29) is 16.5 Å². The highest BCUT2D eigenvalue weighted by molar-refractivity contribution is 6.30. The molecule has 0 amide bonds. The summed E-state index contributed by atoms with van der Waals surface area (Å²) in [5.41, 5.74) is -0.189. The number of carbonyl (C=O) groups is 1. The monoisotopic (exact) mass is 297 g/mol. The molecule has 0 unspecified atom stereocenters. The second-order valence-electron chi connectivity index (χ2n) is 5.13. The third-order valence-electron chi connectivity index (χ3n) is 2.38. The average Bonchev–Trinajstić information content (AvgIpc) is 2.61. The van der Waals surface area contributed by atoms with Gasteiger partial charge in [-0.25, -0.2) is 14.3 Å². The Morgan fingerprint density at radius 3 is 2.65 bits per heavy atom. The Morgan fingerprint density at radius 2 is 2.10 bits per heavy atom. The molecule has 0 saturated heterocycles. The first-order valence-electron chi connectivity index (χ1n) is 5.75. The number of benzene rings is 1. The van der Waals surface area contributed by atoms with E-state index in [1.54, 1.807) is 20.8 Å². The Hall–Kier alpha value is -2.15. The van der Waals surface area contributed by atoms with E-state index in [2.05, 4.69) is 4.98 Å². The van der Waals surface area contributed by atoms with Crippen molar-refractivity contribution >= 4 is 34.4 Å². The maximum absolute atomic E-state index is 12.1. The van der Waals surface area contributed by atoms with Gasteiger partial charge >= 0.3 is 6.09 Å². The molecule has 106 valence electrons. The molecule has 0 aliphatic heterocycles. The minimum Gasteiger partial charge on any atom is -0.443 e. The number of nitro benzene ring substituents is 1. The van der Waals surface area contributed by atoms with Crippen molar-refractivity contribution in [2.45, 2.75) is 26.4 Å². The molecule has 7 nitrogen and oxygen atoms in total. The van der Waals surface area contributed by atoms with Crippen LogP contribution < -0.4 is 0 Å². The molecular weight excluding hydrogens is 286 g/mol. The first-order chi connectivity index (χ1) is 9.19. The molecule has 8 heteroatoms. The smallest absolute Gasteiger partial charge is 0.421 e. The number of non-ortho nitro benzene ring substituents is 1. The topological polar surface area (TPSA) is 87.3 Å². The quantitative estimate of drug-likeness (QED) is 0.595. The number of fused-ring (bicyclic) bond motifs is 1. The van der Waals surface area contributed by atoms with Crippen molar-refractivity contribution in [3.8, 4) is 0 Å². The van der Waals surface area contributed by atoms with Gasteiger partial charge in [0.05, 0.1) is 16.0 Å². The van der Waals surface area contributed by atoms with Crippen molar-refractivity contribution in [2.24, 2.45) is 0 Å². The fourth-order valence-electron chi connectivity index (χ4n) is 1.63. The summed E-state index contributed by atoms with van der Waals surface area (Å²) in [5, 5.41) is 10.6. The van der Waals surface area contributed by atoms with Crippen LogP contribution in [0.4, 0.5) is 10.5 Å². The van der Waals surface area contributed by atoms with Gasteiger partial charge in [-0.1, -0.05) is 0 Å². The van der Waals surface area contributed by atoms with E-state index >= 15 is 0 Å². The van der Waals surface area contributed by atoms with Crippen LogP contribution in [0.3, 0.4) is 0 Å². The van der Waals surface area contributed by atoms with E-state index in [1.165, 1.54) is 18.2 Å². The summed E-state index contributed by atoms with van der Waals surface area (Å²) in [6, 6.07) is 3.94. The van der Waals surface area contributed by atoms with Crippen molar-refractivity contribution in [3.05, 3.63) is 33.6 Å². The predicted molar refractivity (Wildman–Crippen MR) is 73.0 cm³/mol. The lowest BCUT2D eigenvalue weighted by Crippen LogP contribution is -2.27. The summed E-state index contributed by atoms with van der Waals surface area (Å²) in [6.07, 6.45) is -0.682. The minimum atomic E-state index is -0.683. The molecule has 0 aliphatic rings. The van der Waals surface area contributed by atoms with Crippen LogP contribution in [-0.4, -0.2) is 26.2 Å². The normalized spacial score (nSPS) is 11.6. The Morgan fingerprint density at radius 1 is 1.45 bits per heavy atom. The fourth-order valence-corrected chi connectivity index (χ4v) is 1.89. The summed E-state index contributed by atoms with van der Waals surface area (Å²) < 4.78 is 6.29. The maximum atomic E-state index is 12.1. The van der Waals surface area contributed by atoms with Gasteiger partial charge in [-0.2, -0.15) is 0 Å². The number of imidazole rings is 1. The van der Waals surface area contributed by atoms with Crippen LogP contribution in [0.25, 0.3) is 11.0 Å². The van der Waals surface area contributed by atoms with Gasteiger partial charge in [0.2, 0.25) is 5.28 Å². The number of hydrogen-bond acceptors (Lipinski definition) is 5. The van der Waals surface area contributed by atoms with Gasteiger partial charge in [0.15, 0.2) is 0 Å². The van der Waals surface area contributed by atoms with Crippen LogP contribution in [0.2, 0.25) is 5.28 Å². The summed E-state index contributed by atoms with van der Waals surface area (Å²) in [6.45, 7) is 5.17. The number of aromatic nitrogens is 2. The highest BCUT2D eigenvalue weighted by Crippen LogP contribution is 2.25. The van der Waals surface area contributed by atoms with Gasteiger partial charge in [-0.3, -0.25) is 10.1 Å². The molecule has 0 aliphatic carbocycles. The SMILES string of the molecule is CC(C)(C)OC(=O)n1c(Cl)nc2cc([N+](=O)[O-])ccc21. The standard InChI is InChI=1S/C12H12ClN3O4/c1-12(2,3)20-11(17)15-9-5-4-7(16(18)19)6-8(9)14-10(15)13/h4-6H,1-3H3. The van der Waals surface area contributed by atoms with E-state index < -0.39 is 16.6 Å². The highest BCUT2D eigenvalue weighted by atomic mass is 35.5. The Kier molecular flexibility index (Phi) is 3.39. The number of hydrogen-bond donors (Lipinski definition) is 0. The first kappa shape index (κ1) is 14.3. The number of rotatable bonds is 1. The lowest BCUT2D eigenvalue weighted by Gasteiger charge is -2.19. The van der Waals surface area contributed by atoms with E-state index in [1.807, 2.05) is 0 Å². The fraction of sp³-hybridized carbons (Fsp3) is 0.333. The molecule has 0 bridgehead atoms. The van der Waals surface area contributed by atoms with Gasteiger partial charge in [0.1, 0.15) is 5.60 Å². The number of halogens is 1. The second-order valence-corrected chi connectivity index (χ2v) is 5.46. The van der Waals surface area contributed by atoms with Crippen molar-refractivity contribution in [1.82, 2.24) is 9.55 Å². The highest BCUT2D eigenvalue weighted by Gasteiger charge is 2.23. The van der Waals surface area contributed by atoms with E-state index in [9.17, 15) is 14.9 Å². The van der Waals surface area contributed by atoms with E-state index in [0.29, 0.717) is 5.52 Å². The summed E-state index contributed by atoms with van der Waals surface area (Å²) in [5.74, 6) is 0. The summed E-state index contributed by atoms with van der Waals surface area (Å²) in [4.78, 5) is 26.2. The Bertz CT molecular complexity index is 703. The Labute approximate surface area is 119 Å². The molecule has 1 aromatic carbocycles. The molecule has 2 aromatic rings. The molecule has 0 spiro atoms. The van der Waals surface area contributed by atoms with Crippen molar-refractivity contribution < 1.29 is 14.5 Å². The minimum absolute atomic E-state index is 0.102. The zero-order valence-corrected chi connectivity index (χ0v) is 11.8. The summed E-state index contributed by atoms with van der Waals surface area (Å²) >= 11 is 5.90. The molecule has 0 saturated carbocycles. The van der Waals surface area contributed by atoms with Gasteiger partial charge in [0, 0.05) is 12.1 Å². The number of nitrogens with zero attached hydrogens (tertiary/aromatic N) is 3. The molecule has 2 rings (SSSR count). The summed E-state index contributed by atoms with van der Waals surface area (Å²) in [7, 11) is 0. The molecule has 0 N–H and O–H groups in total. The van der Waals surface area contributed by atoms with Crippen LogP contribution >= 0.6 is 11.6 Å². The lowest BCUT2D eigenvalue weighted by atomic mass is 10.2. The maximum Gasteiger partial charge on any atom is 0.421 e. The van der Waals surface area contributed by atoms with E-state index in [4.69, 9.17) is 16.3 Å². The lowest BCUT2D eigenvalue weighted by molar-refractivity contribution is -0.384. The van der Waals surface area contributed by atoms with Crippen molar-refractivity contribution in [1.29, 1.82) is 0 Å². The number of carbonyl (C=O) groups excluding carboxylic acids is 1. The third kappa shape index (κ3) is 2.72. The third-order valence-corrected chi connectivity index (χ3v) is 2.64. The van der Waals surface area contributed by atoms with Gasteiger partial charge in [0.25, 0.3) is 5.69 Å². The van der Waals surface area contributed by atoms with E-state index in [0.717, 1.165) is 4.57 Å². The van der Waals surface area contributed by atoms with Crippen LogP contribution in [0.15, 0.2) is 18.2 Å². The largest absolute Gasteiger partial charge is 0.443 e.